The van der Waals surface area contributed by atoms with Crippen molar-refractivity contribution in [1.82, 2.24) is 5.16 Å². The lowest BCUT2D eigenvalue weighted by Gasteiger charge is -2.20. The van der Waals surface area contributed by atoms with E-state index in [9.17, 15) is 0 Å². The summed E-state index contributed by atoms with van der Waals surface area (Å²) in [6.07, 6.45) is 4.87. The van der Waals surface area contributed by atoms with Gasteiger partial charge in [0.2, 0.25) is 5.88 Å². The summed E-state index contributed by atoms with van der Waals surface area (Å²) in [7, 11) is 0. The van der Waals surface area contributed by atoms with Crippen LogP contribution in [0.1, 0.15) is 29.5 Å². The average molecular weight is 228 g/mol. The van der Waals surface area contributed by atoms with E-state index in [1.54, 1.807) is 6.07 Å². The number of fused-ring (bicyclic) bond motifs is 1. The van der Waals surface area contributed by atoms with Gasteiger partial charge >= 0.3 is 0 Å². The van der Waals surface area contributed by atoms with Gasteiger partial charge in [0.25, 0.3) is 0 Å². The molecule has 0 spiro atoms. The van der Waals surface area contributed by atoms with Crippen molar-refractivity contribution in [3.8, 4) is 11.3 Å². The molecular formula is C14H16N2O. The van der Waals surface area contributed by atoms with Crippen LogP contribution < -0.4 is 5.73 Å². The van der Waals surface area contributed by atoms with Gasteiger partial charge in [-0.2, -0.15) is 0 Å². The van der Waals surface area contributed by atoms with Crippen LogP contribution >= 0.6 is 0 Å². The number of aromatic nitrogens is 1. The minimum Gasteiger partial charge on any atom is -0.368 e. The van der Waals surface area contributed by atoms with Crippen molar-refractivity contribution < 1.29 is 4.52 Å². The van der Waals surface area contributed by atoms with Gasteiger partial charge in [-0.3, -0.25) is 0 Å². The third-order valence-corrected chi connectivity index (χ3v) is 3.57. The van der Waals surface area contributed by atoms with Gasteiger partial charge < -0.3 is 10.3 Å². The summed E-state index contributed by atoms with van der Waals surface area (Å²) in [5.74, 6) is 0.380. The molecule has 17 heavy (non-hydrogen) atoms. The van der Waals surface area contributed by atoms with Crippen molar-refractivity contribution in [3.63, 3.8) is 0 Å². The summed E-state index contributed by atoms with van der Waals surface area (Å²) in [5.41, 5.74) is 12.0. The van der Waals surface area contributed by atoms with Crippen LogP contribution in [0.3, 0.4) is 0 Å². The minimum absolute atomic E-state index is 0.380. The van der Waals surface area contributed by atoms with Crippen molar-refractivity contribution in [2.24, 2.45) is 0 Å². The molecule has 1 aromatic carbocycles. The van der Waals surface area contributed by atoms with Crippen LogP contribution in [-0.2, 0) is 12.8 Å². The van der Waals surface area contributed by atoms with Crippen molar-refractivity contribution in [2.45, 2.75) is 32.6 Å². The molecule has 2 aromatic rings. The molecule has 3 nitrogen and oxygen atoms in total. The average Bonchev–Trinajstić information content (AvgIpc) is 2.77. The molecule has 0 amide bonds. The summed E-state index contributed by atoms with van der Waals surface area (Å²) >= 11 is 0. The highest BCUT2D eigenvalue weighted by Crippen LogP contribution is 2.33. The maximum Gasteiger partial charge on any atom is 0.222 e. The summed E-state index contributed by atoms with van der Waals surface area (Å²) in [4.78, 5) is 0. The molecule has 0 unspecified atom stereocenters. The minimum atomic E-state index is 0.380. The number of nitrogen functional groups attached to an aromatic ring is 1. The first-order valence-electron chi connectivity index (χ1n) is 6.09. The van der Waals surface area contributed by atoms with Crippen molar-refractivity contribution in [2.75, 3.05) is 5.73 Å². The summed E-state index contributed by atoms with van der Waals surface area (Å²) in [5, 5.41) is 4.02. The quantitative estimate of drug-likeness (QED) is 0.815. The number of nitrogens with zero attached hydrogens (tertiary/aromatic N) is 1. The van der Waals surface area contributed by atoms with Gasteiger partial charge in [0.1, 0.15) is 5.69 Å². The fraction of sp³-hybridized carbons (Fsp3) is 0.357. The first kappa shape index (κ1) is 10.4. The maximum atomic E-state index is 5.59. The first-order valence-corrected chi connectivity index (χ1v) is 6.09. The normalized spacial score (nSPS) is 14.6. The molecule has 0 radical (unpaired) electrons. The van der Waals surface area contributed by atoms with Gasteiger partial charge in [-0.25, -0.2) is 0 Å². The Morgan fingerprint density at radius 3 is 2.65 bits per heavy atom. The maximum absolute atomic E-state index is 5.59. The third-order valence-electron chi connectivity index (χ3n) is 3.57. The molecule has 3 heteroatoms. The Morgan fingerprint density at radius 1 is 1.18 bits per heavy atom. The van der Waals surface area contributed by atoms with E-state index in [4.69, 9.17) is 10.3 Å². The molecule has 0 saturated carbocycles. The second-order valence-corrected chi connectivity index (χ2v) is 4.71. The molecule has 0 atom stereocenters. The molecule has 0 bridgehead atoms. The number of anilines is 1. The number of benzene rings is 1. The van der Waals surface area contributed by atoms with Crippen molar-refractivity contribution >= 4 is 5.88 Å². The zero-order chi connectivity index (χ0) is 11.8. The van der Waals surface area contributed by atoms with E-state index in [1.165, 1.54) is 41.5 Å². The number of hydrogen-bond acceptors (Lipinski definition) is 3. The molecule has 0 aliphatic heterocycles. The second-order valence-electron chi connectivity index (χ2n) is 4.71. The highest BCUT2D eigenvalue weighted by atomic mass is 16.5. The van der Waals surface area contributed by atoms with Gasteiger partial charge in [-0.05, 0) is 49.3 Å². The van der Waals surface area contributed by atoms with E-state index in [1.807, 2.05) is 0 Å². The number of rotatable bonds is 1. The van der Waals surface area contributed by atoms with E-state index in [0.29, 0.717) is 5.88 Å². The number of nitrogens with two attached hydrogens (primary N) is 1. The molecule has 0 saturated heterocycles. The van der Waals surface area contributed by atoms with Gasteiger partial charge in [-0.1, -0.05) is 17.3 Å². The Morgan fingerprint density at radius 2 is 1.94 bits per heavy atom. The number of aryl methyl sites for hydroxylation is 1. The monoisotopic (exact) mass is 228 g/mol. The van der Waals surface area contributed by atoms with Gasteiger partial charge in [0, 0.05) is 11.6 Å². The highest BCUT2D eigenvalue weighted by Gasteiger charge is 2.17. The molecule has 1 aromatic heterocycles. The highest BCUT2D eigenvalue weighted by molar-refractivity contribution is 5.68. The molecule has 1 aliphatic carbocycles. The summed E-state index contributed by atoms with van der Waals surface area (Å²) in [6, 6.07) is 6.11. The Hall–Kier alpha value is -1.77. The van der Waals surface area contributed by atoms with E-state index < -0.39 is 0 Å². The predicted octanol–water partition coefficient (Wildman–Crippen LogP) is 3.11. The fourth-order valence-corrected chi connectivity index (χ4v) is 2.70. The summed E-state index contributed by atoms with van der Waals surface area (Å²) < 4.78 is 4.97. The van der Waals surface area contributed by atoms with Crippen molar-refractivity contribution in [3.05, 3.63) is 34.9 Å². The van der Waals surface area contributed by atoms with Crippen LogP contribution in [0, 0.1) is 6.92 Å². The van der Waals surface area contributed by atoms with Crippen LogP contribution in [-0.4, -0.2) is 5.16 Å². The lowest BCUT2D eigenvalue weighted by molar-refractivity contribution is 0.439. The largest absolute Gasteiger partial charge is 0.368 e. The first-order chi connectivity index (χ1) is 8.25. The van der Waals surface area contributed by atoms with E-state index in [2.05, 4.69) is 24.2 Å². The SMILES string of the molecule is Cc1ccc(-c2cc(N)on2)c2c1CCCC2. The molecule has 0 fully saturated rings. The lowest BCUT2D eigenvalue weighted by Crippen LogP contribution is -2.06. The van der Waals surface area contributed by atoms with Gasteiger partial charge in [0.15, 0.2) is 0 Å². The van der Waals surface area contributed by atoms with Gasteiger partial charge in [-0.15, -0.1) is 0 Å². The fourth-order valence-electron chi connectivity index (χ4n) is 2.70. The number of hydrogen-bond donors (Lipinski definition) is 1. The molecule has 3 rings (SSSR count). The zero-order valence-electron chi connectivity index (χ0n) is 9.99. The molecule has 2 N–H and O–H groups in total. The van der Waals surface area contributed by atoms with Gasteiger partial charge in [0.05, 0.1) is 0 Å². The topological polar surface area (TPSA) is 52.0 Å². The van der Waals surface area contributed by atoms with E-state index >= 15 is 0 Å². The molecule has 1 heterocycles. The standard InChI is InChI=1S/C14H16N2O/c1-9-6-7-12(13-8-14(15)17-16-13)11-5-3-2-4-10(9)11/h6-8H,2-5,15H2,1H3. The summed E-state index contributed by atoms with van der Waals surface area (Å²) in [6.45, 7) is 2.19. The molecule has 88 valence electrons. The Labute approximate surface area is 101 Å². The lowest BCUT2D eigenvalue weighted by atomic mass is 9.84. The van der Waals surface area contributed by atoms with Crippen LogP contribution in [0.25, 0.3) is 11.3 Å². The molecular weight excluding hydrogens is 212 g/mol. The molecule has 1 aliphatic rings. The van der Waals surface area contributed by atoms with E-state index in [-0.39, 0.29) is 0 Å². The Balaban J connectivity index is 2.17. The van der Waals surface area contributed by atoms with E-state index in [0.717, 1.165) is 12.1 Å². The Kier molecular flexibility index (Phi) is 2.39. The predicted molar refractivity (Wildman–Crippen MR) is 67.7 cm³/mol. The third kappa shape index (κ3) is 1.71. The smallest absolute Gasteiger partial charge is 0.222 e. The van der Waals surface area contributed by atoms with Crippen LogP contribution in [0.15, 0.2) is 22.7 Å². The Bertz CT molecular complexity index is 557. The van der Waals surface area contributed by atoms with Crippen LogP contribution in [0.5, 0.6) is 0 Å². The second kappa shape index (κ2) is 3.91. The van der Waals surface area contributed by atoms with Crippen LogP contribution in [0.2, 0.25) is 0 Å². The zero-order valence-corrected chi connectivity index (χ0v) is 9.99. The van der Waals surface area contributed by atoms with Crippen molar-refractivity contribution in [1.29, 1.82) is 0 Å². The van der Waals surface area contributed by atoms with Crippen LogP contribution in [0.4, 0.5) is 5.88 Å².